The number of nitrogens with one attached hydrogen (secondary N) is 1. The van der Waals surface area contributed by atoms with Crippen LogP contribution in [0.25, 0.3) is 0 Å². The van der Waals surface area contributed by atoms with E-state index in [-0.39, 0.29) is 0 Å². The molecule has 0 bridgehead atoms. The lowest BCUT2D eigenvalue weighted by Gasteiger charge is -2.30. The number of rotatable bonds is 5. The summed E-state index contributed by atoms with van der Waals surface area (Å²) in [4.78, 5) is 0. The van der Waals surface area contributed by atoms with Gasteiger partial charge in [-0.2, -0.15) is 0 Å². The Bertz CT molecular complexity index is 149. The van der Waals surface area contributed by atoms with E-state index >= 15 is 0 Å². The summed E-state index contributed by atoms with van der Waals surface area (Å²) in [5, 5.41) is 12.4. The van der Waals surface area contributed by atoms with E-state index in [0.717, 1.165) is 24.8 Å². The first-order valence-corrected chi connectivity index (χ1v) is 6.09. The zero-order valence-corrected chi connectivity index (χ0v) is 9.63. The fourth-order valence-electron chi connectivity index (χ4n) is 2.47. The molecule has 0 spiro atoms. The van der Waals surface area contributed by atoms with Crippen LogP contribution in [0.3, 0.4) is 0 Å². The Morgan fingerprint density at radius 1 is 1.43 bits per heavy atom. The average Bonchev–Trinajstić information content (AvgIpc) is 2.15. The van der Waals surface area contributed by atoms with Crippen LogP contribution in [0.1, 0.15) is 52.4 Å². The van der Waals surface area contributed by atoms with Crippen molar-refractivity contribution in [1.82, 2.24) is 5.32 Å². The summed E-state index contributed by atoms with van der Waals surface area (Å²) in [5.41, 5.74) is 0. The smallest absolute Gasteiger partial charge is 0.0431 e. The molecule has 84 valence electrons. The SMILES string of the molecule is C[C@@H]1CCC[C@@H](N[C@H](C)CCCO)C1. The third-order valence-corrected chi connectivity index (χ3v) is 3.25. The Labute approximate surface area is 88.1 Å². The number of hydrogen-bond acceptors (Lipinski definition) is 2. The summed E-state index contributed by atoms with van der Waals surface area (Å²) in [6, 6.07) is 1.30. The van der Waals surface area contributed by atoms with Crippen LogP contribution in [0, 0.1) is 5.92 Å². The molecule has 0 saturated heterocycles. The molecule has 2 N–H and O–H groups in total. The standard InChI is InChI=1S/C12H25NO/c1-10-5-3-7-12(9-10)13-11(2)6-4-8-14/h10-14H,3-9H2,1-2H3/t10-,11-,12-/m1/s1. The second-order valence-corrected chi connectivity index (χ2v) is 4.90. The molecule has 2 nitrogen and oxygen atoms in total. The van der Waals surface area contributed by atoms with Crippen LogP contribution in [0.2, 0.25) is 0 Å². The Morgan fingerprint density at radius 2 is 2.21 bits per heavy atom. The van der Waals surface area contributed by atoms with Gasteiger partial charge >= 0.3 is 0 Å². The first kappa shape index (κ1) is 12.0. The summed E-state index contributed by atoms with van der Waals surface area (Å²) < 4.78 is 0. The van der Waals surface area contributed by atoms with Crippen LogP contribution in [0.15, 0.2) is 0 Å². The largest absolute Gasteiger partial charge is 0.396 e. The van der Waals surface area contributed by atoms with E-state index in [2.05, 4.69) is 19.2 Å². The molecule has 1 saturated carbocycles. The average molecular weight is 199 g/mol. The minimum absolute atomic E-state index is 0.326. The Morgan fingerprint density at radius 3 is 2.86 bits per heavy atom. The van der Waals surface area contributed by atoms with Crippen molar-refractivity contribution in [2.45, 2.75) is 64.5 Å². The normalized spacial score (nSPS) is 30.2. The molecular formula is C12H25NO. The highest BCUT2D eigenvalue weighted by Crippen LogP contribution is 2.23. The second-order valence-electron chi connectivity index (χ2n) is 4.90. The third-order valence-electron chi connectivity index (χ3n) is 3.25. The molecular weight excluding hydrogens is 174 g/mol. The van der Waals surface area contributed by atoms with E-state index in [1.807, 2.05) is 0 Å². The number of hydrogen-bond donors (Lipinski definition) is 2. The Hall–Kier alpha value is -0.0800. The molecule has 0 amide bonds. The minimum Gasteiger partial charge on any atom is -0.396 e. The first-order chi connectivity index (χ1) is 6.72. The topological polar surface area (TPSA) is 32.3 Å². The lowest BCUT2D eigenvalue weighted by atomic mass is 9.86. The van der Waals surface area contributed by atoms with Crippen LogP contribution < -0.4 is 5.32 Å². The molecule has 0 aliphatic heterocycles. The summed E-state index contributed by atoms with van der Waals surface area (Å²) >= 11 is 0. The van der Waals surface area contributed by atoms with Gasteiger partial charge in [0.05, 0.1) is 0 Å². The molecule has 14 heavy (non-hydrogen) atoms. The molecule has 1 fully saturated rings. The monoisotopic (exact) mass is 199 g/mol. The fourth-order valence-corrected chi connectivity index (χ4v) is 2.47. The van der Waals surface area contributed by atoms with Gasteiger partial charge in [-0.05, 0) is 38.5 Å². The molecule has 1 aliphatic carbocycles. The maximum absolute atomic E-state index is 8.74. The lowest BCUT2D eigenvalue weighted by molar-refractivity contribution is 0.255. The molecule has 1 rings (SSSR count). The molecule has 0 aromatic rings. The summed E-state index contributed by atoms with van der Waals surface area (Å²) in [6.07, 6.45) is 7.49. The van der Waals surface area contributed by atoms with E-state index in [9.17, 15) is 0 Å². The van der Waals surface area contributed by atoms with Crippen LogP contribution >= 0.6 is 0 Å². The van der Waals surface area contributed by atoms with E-state index in [1.54, 1.807) is 0 Å². The van der Waals surface area contributed by atoms with Crippen LogP contribution in [-0.2, 0) is 0 Å². The van der Waals surface area contributed by atoms with E-state index in [4.69, 9.17) is 5.11 Å². The highest BCUT2D eigenvalue weighted by atomic mass is 16.2. The van der Waals surface area contributed by atoms with Gasteiger partial charge in [-0.25, -0.2) is 0 Å². The molecule has 0 unspecified atom stereocenters. The Balaban J connectivity index is 2.15. The van der Waals surface area contributed by atoms with Crippen molar-refractivity contribution in [3.63, 3.8) is 0 Å². The van der Waals surface area contributed by atoms with Crippen molar-refractivity contribution >= 4 is 0 Å². The Kier molecular flexibility index (Phi) is 5.49. The summed E-state index contributed by atoms with van der Waals surface area (Å²) in [5.74, 6) is 0.895. The van der Waals surface area contributed by atoms with Crippen molar-refractivity contribution in [3.8, 4) is 0 Å². The molecule has 0 aromatic carbocycles. The second kappa shape index (κ2) is 6.41. The van der Waals surface area contributed by atoms with Gasteiger partial charge < -0.3 is 10.4 Å². The quantitative estimate of drug-likeness (QED) is 0.712. The number of aliphatic hydroxyl groups is 1. The van der Waals surface area contributed by atoms with Crippen LogP contribution in [-0.4, -0.2) is 23.8 Å². The zero-order chi connectivity index (χ0) is 10.4. The highest BCUT2D eigenvalue weighted by Gasteiger charge is 2.19. The van der Waals surface area contributed by atoms with Crippen molar-refractivity contribution in [3.05, 3.63) is 0 Å². The molecule has 1 aliphatic rings. The van der Waals surface area contributed by atoms with Crippen LogP contribution in [0.4, 0.5) is 0 Å². The van der Waals surface area contributed by atoms with Crippen LogP contribution in [0.5, 0.6) is 0 Å². The van der Waals surface area contributed by atoms with Gasteiger partial charge in [0.25, 0.3) is 0 Å². The minimum atomic E-state index is 0.326. The van der Waals surface area contributed by atoms with Gasteiger partial charge in [0.1, 0.15) is 0 Å². The third kappa shape index (κ3) is 4.43. The van der Waals surface area contributed by atoms with Gasteiger partial charge in [0.15, 0.2) is 0 Å². The molecule has 2 heteroatoms. The molecule has 3 atom stereocenters. The van der Waals surface area contributed by atoms with E-state index < -0.39 is 0 Å². The maximum Gasteiger partial charge on any atom is 0.0431 e. The highest BCUT2D eigenvalue weighted by molar-refractivity contribution is 4.78. The molecule has 0 heterocycles. The zero-order valence-electron chi connectivity index (χ0n) is 9.63. The van der Waals surface area contributed by atoms with Crippen molar-refractivity contribution < 1.29 is 5.11 Å². The summed E-state index contributed by atoms with van der Waals surface area (Å²) in [7, 11) is 0. The van der Waals surface area contributed by atoms with E-state index in [0.29, 0.717) is 12.6 Å². The van der Waals surface area contributed by atoms with Crippen molar-refractivity contribution in [2.75, 3.05) is 6.61 Å². The van der Waals surface area contributed by atoms with Gasteiger partial charge in [-0.1, -0.05) is 19.8 Å². The molecule has 0 radical (unpaired) electrons. The predicted octanol–water partition coefficient (Wildman–Crippen LogP) is 2.32. The molecule has 0 aromatic heterocycles. The van der Waals surface area contributed by atoms with Crippen molar-refractivity contribution in [1.29, 1.82) is 0 Å². The van der Waals surface area contributed by atoms with Gasteiger partial charge in [0, 0.05) is 18.7 Å². The number of aliphatic hydroxyl groups excluding tert-OH is 1. The van der Waals surface area contributed by atoms with Gasteiger partial charge in [-0.15, -0.1) is 0 Å². The van der Waals surface area contributed by atoms with Crippen molar-refractivity contribution in [2.24, 2.45) is 5.92 Å². The summed E-state index contributed by atoms with van der Waals surface area (Å²) in [6.45, 7) is 4.91. The predicted molar refractivity (Wildman–Crippen MR) is 60.3 cm³/mol. The maximum atomic E-state index is 8.74. The van der Waals surface area contributed by atoms with Gasteiger partial charge in [0.2, 0.25) is 0 Å². The first-order valence-electron chi connectivity index (χ1n) is 6.09. The van der Waals surface area contributed by atoms with Gasteiger partial charge in [-0.3, -0.25) is 0 Å². The van der Waals surface area contributed by atoms with E-state index in [1.165, 1.54) is 25.7 Å². The fraction of sp³-hybridized carbons (Fsp3) is 1.00. The lowest BCUT2D eigenvalue weighted by Crippen LogP contribution is -2.39.